The third-order valence-corrected chi connectivity index (χ3v) is 3.94. The third-order valence-electron chi connectivity index (χ3n) is 3.94. The minimum Gasteiger partial charge on any atom is -0.377 e. The molecule has 0 bridgehead atoms. The molecule has 24 heavy (non-hydrogen) atoms. The Kier molecular flexibility index (Phi) is 4.86. The summed E-state index contributed by atoms with van der Waals surface area (Å²) >= 11 is 0. The zero-order valence-corrected chi connectivity index (χ0v) is 14.5. The van der Waals surface area contributed by atoms with Gasteiger partial charge in [-0.3, -0.25) is 9.78 Å². The molecular weight excluding hydrogens is 310 g/mol. The van der Waals surface area contributed by atoms with Crippen molar-refractivity contribution >= 4 is 17.0 Å². The average molecular weight is 335 g/mol. The summed E-state index contributed by atoms with van der Waals surface area (Å²) in [6, 6.07) is 0. The Morgan fingerprint density at radius 2 is 2.33 bits per heavy atom. The van der Waals surface area contributed by atoms with Gasteiger partial charge < -0.3 is 14.8 Å². The van der Waals surface area contributed by atoms with Crippen LogP contribution in [0, 0.1) is 0 Å². The van der Waals surface area contributed by atoms with Crippen LogP contribution in [0.1, 0.15) is 33.6 Å². The molecule has 3 heterocycles. The summed E-state index contributed by atoms with van der Waals surface area (Å²) in [5.41, 5.74) is 0.136. The molecule has 0 aromatic carbocycles. The fraction of sp³-hybridized carbons (Fsp3) is 0.688. The Bertz CT molecular complexity index is 740. The predicted octanol–water partition coefficient (Wildman–Crippen LogP) is 1.48. The number of nitrogens with zero attached hydrogens (tertiary/aromatic N) is 3. The van der Waals surface area contributed by atoms with Gasteiger partial charge in [0, 0.05) is 13.2 Å². The summed E-state index contributed by atoms with van der Waals surface area (Å²) < 4.78 is 12.9. The van der Waals surface area contributed by atoms with Crippen molar-refractivity contribution in [2.75, 3.05) is 31.7 Å². The maximum absolute atomic E-state index is 12.2. The summed E-state index contributed by atoms with van der Waals surface area (Å²) in [6.45, 7) is 8.60. The summed E-state index contributed by atoms with van der Waals surface area (Å²) in [6.07, 6.45) is 3.95. The van der Waals surface area contributed by atoms with Crippen LogP contribution in [0.4, 0.5) is 5.95 Å². The summed E-state index contributed by atoms with van der Waals surface area (Å²) in [7, 11) is 0. The lowest BCUT2D eigenvalue weighted by molar-refractivity contribution is 0.0206. The molecule has 3 rings (SSSR count). The molecule has 1 aliphatic rings. The summed E-state index contributed by atoms with van der Waals surface area (Å²) in [5, 5.41) is 7.88. The smallest absolute Gasteiger partial charge is 0.263 e. The maximum atomic E-state index is 12.2. The van der Waals surface area contributed by atoms with Gasteiger partial charge in [-0.1, -0.05) is 0 Å². The molecular formula is C16H25N5O3. The Labute approximate surface area is 140 Å². The molecule has 1 aliphatic heterocycles. The highest BCUT2D eigenvalue weighted by molar-refractivity contribution is 5.74. The van der Waals surface area contributed by atoms with E-state index in [9.17, 15) is 4.79 Å². The number of hydrogen-bond donors (Lipinski definition) is 2. The van der Waals surface area contributed by atoms with Crippen molar-refractivity contribution in [3.8, 4) is 0 Å². The van der Waals surface area contributed by atoms with Crippen molar-refractivity contribution in [1.82, 2.24) is 19.7 Å². The number of ether oxygens (including phenoxy) is 2. The number of rotatable bonds is 6. The first-order valence-electron chi connectivity index (χ1n) is 8.37. The molecule has 0 aliphatic carbocycles. The second-order valence-corrected chi connectivity index (χ2v) is 7.02. The monoisotopic (exact) mass is 335 g/mol. The molecule has 0 spiro atoms. The highest BCUT2D eigenvalue weighted by Gasteiger charge is 2.20. The normalized spacial score (nSPS) is 18.4. The number of aromatic nitrogens is 4. The first-order chi connectivity index (χ1) is 11.4. The van der Waals surface area contributed by atoms with Crippen LogP contribution in [0.3, 0.4) is 0 Å². The second-order valence-electron chi connectivity index (χ2n) is 7.02. The van der Waals surface area contributed by atoms with Crippen LogP contribution in [-0.4, -0.2) is 52.2 Å². The molecule has 1 saturated heterocycles. The molecule has 8 nitrogen and oxygen atoms in total. The topological polar surface area (TPSA) is 94.1 Å². The van der Waals surface area contributed by atoms with Gasteiger partial charge >= 0.3 is 0 Å². The Morgan fingerprint density at radius 1 is 1.50 bits per heavy atom. The molecule has 2 N–H and O–H groups in total. The number of hydrogen-bond acceptors (Lipinski definition) is 6. The van der Waals surface area contributed by atoms with Gasteiger partial charge in [0.1, 0.15) is 5.39 Å². The lowest BCUT2D eigenvalue weighted by Crippen LogP contribution is -2.24. The van der Waals surface area contributed by atoms with Gasteiger partial charge in [-0.2, -0.15) is 10.1 Å². The van der Waals surface area contributed by atoms with Crippen molar-refractivity contribution in [2.24, 2.45) is 0 Å². The molecule has 0 saturated carbocycles. The van der Waals surface area contributed by atoms with Crippen LogP contribution in [0.15, 0.2) is 11.0 Å². The van der Waals surface area contributed by atoms with E-state index in [1.807, 2.05) is 20.8 Å². The van der Waals surface area contributed by atoms with Crippen LogP contribution in [-0.2, 0) is 15.0 Å². The van der Waals surface area contributed by atoms with Gasteiger partial charge in [0.05, 0.1) is 31.1 Å². The molecule has 0 radical (unpaired) electrons. The molecule has 1 atom stereocenters. The van der Waals surface area contributed by atoms with E-state index in [1.165, 1.54) is 0 Å². The number of nitrogens with one attached hydrogen (secondary N) is 2. The fourth-order valence-corrected chi connectivity index (χ4v) is 2.73. The van der Waals surface area contributed by atoms with Gasteiger partial charge in [0.25, 0.3) is 5.56 Å². The van der Waals surface area contributed by atoms with E-state index in [0.29, 0.717) is 36.7 Å². The number of fused-ring (bicyclic) bond motifs is 1. The predicted molar refractivity (Wildman–Crippen MR) is 91.4 cm³/mol. The van der Waals surface area contributed by atoms with E-state index in [0.717, 1.165) is 19.4 Å². The van der Waals surface area contributed by atoms with Crippen molar-refractivity contribution in [3.05, 3.63) is 16.6 Å². The van der Waals surface area contributed by atoms with E-state index in [4.69, 9.17) is 9.47 Å². The maximum Gasteiger partial charge on any atom is 0.263 e. The molecule has 2 aromatic rings. The quantitative estimate of drug-likeness (QED) is 0.777. The van der Waals surface area contributed by atoms with Crippen LogP contribution >= 0.6 is 0 Å². The Morgan fingerprint density at radius 3 is 3.04 bits per heavy atom. The largest absolute Gasteiger partial charge is 0.377 e. The van der Waals surface area contributed by atoms with Crippen molar-refractivity contribution in [2.45, 2.75) is 45.3 Å². The van der Waals surface area contributed by atoms with Crippen molar-refractivity contribution < 1.29 is 9.47 Å². The second kappa shape index (κ2) is 6.90. The number of anilines is 1. The van der Waals surface area contributed by atoms with Crippen LogP contribution in [0.5, 0.6) is 0 Å². The fourth-order valence-electron chi connectivity index (χ4n) is 2.73. The van der Waals surface area contributed by atoms with E-state index in [1.54, 1.807) is 10.9 Å². The van der Waals surface area contributed by atoms with E-state index >= 15 is 0 Å². The zero-order valence-electron chi connectivity index (χ0n) is 14.5. The van der Waals surface area contributed by atoms with Crippen LogP contribution in [0.2, 0.25) is 0 Å². The minimum absolute atomic E-state index is 0.196. The van der Waals surface area contributed by atoms with Crippen LogP contribution < -0.4 is 10.9 Å². The van der Waals surface area contributed by atoms with Gasteiger partial charge in [-0.05, 0) is 33.6 Å². The molecule has 1 unspecified atom stereocenters. The SMILES string of the molecule is CC(C)(C)n1ncc2c(=O)[nH]c(NCCOCC3CCCO3)nc21. The summed E-state index contributed by atoms with van der Waals surface area (Å²) in [4.78, 5) is 19.4. The first-order valence-corrected chi connectivity index (χ1v) is 8.37. The highest BCUT2D eigenvalue weighted by Crippen LogP contribution is 2.18. The van der Waals surface area contributed by atoms with Crippen molar-refractivity contribution in [3.63, 3.8) is 0 Å². The van der Waals surface area contributed by atoms with Gasteiger partial charge in [-0.15, -0.1) is 0 Å². The molecule has 132 valence electrons. The number of H-pyrrole nitrogens is 1. The van der Waals surface area contributed by atoms with Crippen molar-refractivity contribution in [1.29, 1.82) is 0 Å². The van der Waals surface area contributed by atoms with E-state index < -0.39 is 0 Å². The third kappa shape index (κ3) is 3.76. The standard InChI is InChI=1S/C16H25N5O3/c1-16(2,3)21-13-12(9-18-21)14(22)20-15(19-13)17-6-8-23-10-11-5-4-7-24-11/h9,11H,4-8,10H2,1-3H3,(H2,17,19,20,22). The molecule has 0 amide bonds. The average Bonchev–Trinajstić information content (AvgIpc) is 3.15. The lowest BCUT2D eigenvalue weighted by atomic mass is 10.1. The zero-order chi connectivity index (χ0) is 17.2. The van der Waals surface area contributed by atoms with E-state index in [2.05, 4.69) is 20.4 Å². The Hall–Kier alpha value is -1.93. The lowest BCUT2D eigenvalue weighted by Gasteiger charge is -2.19. The molecule has 8 heteroatoms. The Balaban J connectivity index is 1.61. The van der Waals surface area contributed by atoms with E-state index in [-0.39, 0.29) is 17.2 Å². The minimum atomic E-state index is -0.246. The van der Waals surface area contributed by atoms with Gasteiger partial charge in [-0.25, -0.2) is 4.68 Å². The molecule has 1 fully saturated rings. The number of aromatic amines is 1. The molecule has 2 aromatic heterocycles. The van der Waals surface area contributed by atoms with Gasteiger partial charge in [0.2, 0.25) is 5.95 Å². The summed E-state index contributed by atoms with van der Waals surface area (Å²) in [5.74, 6) is 0.430. The van der Waals surface area contributed by atoms with Gasteiger partial charge in [0.15, 0.2) is 5.65 Å². The first kappa shape index (κ1) is 16.9. The highest BCUT2D eigenvalue weighted by atomic mass is 16.5. The van der Waals surface area contributed by atoms with Crippen LogP contribution in [0.25, 0.3) is 11.0 Å².